The number of carbonyl (C=O) groups excluding carboxylic acids is 3. The summed E-state index contributed by atoms with van der Waals surface area (Å²) < 4.78 is 11.1. The van der Waals surface area contributed by atoms with E-state index in [4.69, 9.17) is 9.47 Å². The van der Waals surface area contributed by atoms with Crippen molar-refractivity contribution in [3.8, 4) is 11.5 Å². The third kappa shape index (κ3) is 3.47. The highest BCUT2D eigenvalue weighted by Gasteiger charge is 2.71. The van der Waals surface area contributed by atoms with Crippen molar-refractivity contribution in [3.63, 3.8) is 0 Å². The van der Waals surface area contributed by atoms with Crippen molar-refractivity contribution in [2.45, 2.75) is 17.5 Å². The highest BCUT2D eigenvalue weighted by atomic mass is 32.1. The fourth-order valence-corrected chi connectivity index (χ4v) is 7.61. The molecule has 0 saturated carbocycles. The second kappa shape index (κ2) is 9.45. The topological polar surface area (TPSA) is 84.9 Å². The maximum Gasteiger partial charge on any atom is 0.238 e. The van der Waals surface area contributed by atoms with Crippen LogP contribution in [-0.4, -0.2) is 42.6 Å². The molecule has 7 nitrogen and oxygen atoms in total. The molecule has 1 aromatic heterocycles. The van der Waals surface area contributed by atoms with Gasteiger partial charge >= 0.3 is 0 Å². The number of hydrogen-bond donors (Lipinski definition) is 1. The van der Waals surface area contributed by atoms with Crippen LogP contribution in [-0.2, 0) is 10.2 Å². The molecular weight excluding hydrogens is 536 g/mol. The van der Waals surface area contributed by atoms with Crippen molar-refractivity contribution >= 4 is 40.6 Å². The normalized spacial score (nSPS) is 23.5. The summed E-state index contributed by atoms with van der Waals surface area (Å²) in [6.07, 6.45) is 3.80. The Labute approximate surface area is 241 Å². The van der Waals surface area contributed by atoms with Crippen molar-refractivity contribution < 1.29 is 23.9 Å². The number of benzene rings is 3. The molecule has 4 atom stereocenters. The average molecular weight is 563 g/mol. The van der Waals surface area contributed by atoms with E-state index in [1.165, 1.54) is 25.6 Å². The number of para-hydroxylation sites is 1. The molecule has 7 rings (SSSR count). The maximum atomic E-state index is 14.8. The Balaban J connectivity index is 1.54. The van der Waals surface area contributed by atoms with Crippen molar-refractivity contribution in [2.24, 2.45) is 5.92 Å². The fraction of sp³-hybridized carbons (Fsp3) is 0.182. The number of amides is 1. The molecule has 1 N–H and O–H groups in total. The van der Waals surface area contributed by atoms with E-state index < -0.39 is 23.4 Å². The van der Waals surface area contributed by atoms with Crippen LogP contribution in [0.25, 0.3) is 6.08 Å². The van der Waals surface area contributed by atoms with Crippen LogP contribution < -0.4 is 14.8 Å². The van der Waals surface area contributed by atoms with Gasteiger partial charge in [0.1, 0.15) is 23.0 Å². The van der Waals surface area contributed by atoms with Crippen molar-refractivity contribution in [2.75, 3.05) is 19.5 Å². The number of anilines is 1. The molecule has 1 spiro atoms. The predicted octanol–water partition coefficient (Wildman–Crippen LogP) is 5.75. The third-order valence-corrected chi connectivity index (χ3v) is 9.44. The lowest BCUT2D eigenvalue weighted by Crippen LogP contribution is -2.49. The van der Waals surface area contributed by atoms with Gasteiger partial charge in [-0.25, -0.2) is 0 Å². The van der Waals surface area contributed by atoms with Crippen LogP contribution in [0.5, 0.6) is 11.5 Å². The highest BCUT2D eigenvalue weighted by molar-refractivity contribution is 7.12. The van der Waals surface area contributed by atoms with Crippen LogP contribution in [0.1, 0.15) is 42.8 Å². The number of fused-ring (bicyclic) bond motifs is 6. The van der Waals surface area contributed by atoms with E-state index in [-0.39, 0.29) is 23.0 Å². The molecule has 0 unspecified atom stereocenters. The minimum atomic E-state index is -1.37. The lowest BCUT2D eigenvalue weighted by molar-refractivity contribution is -0.122. The van der Waals surface area contributed by atoms with Gasteiger partial charge in [0.05, 0.1) is 36.6 Å². The second-order valence-electron chi connectivity index (χ2n) is 10.4. The number of thiophene rings is 1. The molecule has 1 amide bonds. The van der Waals surface area contributed by atoms with Gasteiger partial charge in [0, 0.05) is 11.9 Å². The van der Waals surface area contributed by atoms with E-state index in [1.807, 2.05) is 77.2 Å². The average Bonchev–Trinajstić information content (AvgIpc) is 3.73. The van der Waals surface area contributed by atoms with Gasteiger partial charge in [0.15, 0.2) is 11.6 Å². The molecule has 204 valence electrons. The Morgan fingerprint density at radius 3 is 2.51 bits per heavy atom. The first-order valence-corrected chi connectivity index (χ1v) is 14.2. The fourth-order valence-electron chi connectivity index (χ4n) is 6.91. The van der Waals surface area contributed by atoms with Crippen LogP contribution in [0.15, 0.2) is 90.4 Å². The maximum absolute atomic E-state index is 14.8. The SMILES string of the molecule is COc1ccc(OC)c(C(=O)[C@@H]2[C@@H](C(=O)c3cccs3)[C@@]3(C(=O)Nc4ccccc43)[C@H]3c4ccccc4C=CN23)c1. The number of ketones is 2. The molecule has 3 aliphatic rings. The van der Waals surface area contributed by atoms with E-state index in [1.54, 1.807) is 24.3 Å². The van der Waals surface area contributed by atoms with Crippen LogP contribution in [0.3, 0.4) is 0 Å². The zero-order valence-corrected chi connectivity index (χ0v) is 23.2. The number of carbonyl (C=O) groups is 3. The van der Waals surface area contributed by atoms with E-state index in [9.17, 15) is 14.4 Å². The van der Waals surface area contributed by atoms with Gasteiger partial charge in [-0.05, 0) is 58.5 Å². The first-order chi connectivity index (χ1) is 20.0. The van der Waals surface area contributed by atoms with Gasteiger partial charge in [0.25, 0.3) is 0 Å². The van der Waals surface area contributed by atoms with E-state index in [0.717, 1.165) is 11.1 Å². The minimum Gasteiger partial charge on any atom is -0.497 e. The van der Waals surface area contributed by atoms with Gasteiger partial charge < -0.3 is 19.7 Å². The summed E-state index contributed by atoms with van der Waals surface area (Å²) in [6, 6.07) is 22.3. The molecule has 0 aliphatic carbocycles. The number of rotatable bonds is 6. The Bertz CT molecular complexity index is 1750. The van der Waals surface area contributed by atoms with Crippen LogP contribution in [0, 0.1) is 5.92 Å². The quantitative estimate of drug-likeness (QED) is 0.302. The number of nitrogens with zero attached hydrogens (tertiary/aromatic N) is 1. The number of nitrogens with one attached hydrogen (secondary N) is 1. The molecule has 41 heavy (non-hydrogen) atoms. The van der Waals surface area contributed by atoms with Crippen molar-refractivity contribution in [1.82, 2.24) is 4.90 Å². The van der Waals surface area contributed by atoms with E-state index in [2.05, 4.69) is 5.32 Å². The lowest BCUT2D eigenvalue weighted by atomic mass is 9.63. The van der Waals surface area contributed by atoms with Gasteiger partial charge in [-0.2, -0.15) is 0 Å². The highest BCUT2D eigenvalue weighted by Crippen LogP contribution is 2.62. The number of ether oxygens (including phenoxy) is 2. The van der Waals surface area contributed by atoms with Gasteiger partial charge in [-0.15, -0.1) is 11.3 Å². The van der Waals surface area contributed by atoms with Gasteiger partial charge in [-0.3, -0.25) is 14.4 Å². The van der Waals surface area contributed by atoms with Gasteiger partial charge in [-0.1, -0.05) is 48.5 Å². The minimum absolute atomic E-state index is 0.243. The lowest BCUT2D eigenvalue weighted by Gasteiger charge is -2.38. The standard InChI is InChI=1S/C33H26N2O5S/c1-39-20-13-14-25(40-2)22(18-20)29(36)28-27(30(37)26-12-7-17-41-26)33(23-10-5-6-11-24(23)34-32(33)38)31-21-9-4-3-8-19(21)15-16-35(28)31/h3-18,27-28,31H,1-2H3,(H,34,38)/t27-,28-,31+,33+/m0/s1. The van der Waals surface area contributed by atoms with E-state index >= 15 is 0 Å². The summed E-state index contributed by atoms with van der Waals surface area (Å²) in [6.45, 7) is 0. The molecule has 3 aliphatic heterocycles. The molecule has 8 heteroatoms. The summed E-state index contributed by atoms with van der Waals surface area (Å²) in [7, 11) is 3.04. The Morgan fingerprint density at radius 1 is 0.927 bits per heavy atom. The number of Topliss-reactive ketones (excluding diaryl/α,β-unsaturated/α-hetero) is 2. The summed E-state index contributed by atoms with van der Waals surface area (Å²) in [5, 5.41) is 4.91. The summed E-state index contributed by atoms with van der Waals surface area (Å²) >= 11 is 1.31. The summed E-state index contributed by atoms with van der Waals surface area (Å²) in [4.78, 5) is 46.4. The third-order valence-electron chi connectivity index (χ3n) is 8.56. The van der Waals surface area contributed by atoms with Crippen molar-refractivity contribution in [1.29, 1.82) is 0 Å². The second-order valence-corrected chi connectivity index (χ2v) is 11.3. The Hall–Kier alpha value is -4.69. The monoisotopic (exact) mass is 562 g/mol. The largest absolute Gasteiger partial charge is 0.497 e. The smallest absolute Gasteiger partial charge is 0.238 e. The molecule has 0 bridgehead atoms. The predicted molar refractivity (Wildman–Crippen MR) is 157 cm³/mol. The summed E-state index contributed by atoms with van der Waals surface area (Å²) in [5.41, 5.74) is 2.12. The zero-order chi connectivity index (χ0) is 28.3. The number of hydrogen-bond acceptors (Lipinski definition) is 7. The molecule has 1 fully saturated rings. The molecular formula is C33H26N2O5S. The van der Waals surface area contributed by atoms with Crippen LogP contribution >= 0.6 is 11.3 Å². The zero-order valence-electron chi connectivity index (χ0n) is 22.4. The Morgan fingerprint density at radius 2 is 1.73 bits per heavy atom. The van der Waals surface area contributed by atoms with Crippen molar-refractivity contribution in [3.05, 3.63) is 118 Å². The number of methoxy groups -OCH3 is 2. The molecule has 4 aromatic rings. The molecule has 4 heterocycles. The van der Waals surface area contributed by atoms with Crippen LogP contribution in [0.2, 0.25) is 0 Å². The first-order valence-electron chi connectivity index (χ1n) is 13.3. The Kier molecular flexibility index (Phi) is 5.83. The van der Waals surface area contributed by atoms with Gasteiger partial charge in [0.2, 0.25) is 5.91 Å². The first kappa shape index (κ1) is 25.3. The molecule has 3 aromatic carbocycles. The summed E-state index contributed by atoms with van der Waals surface area (Å²) in [5.74, 6) is -1.03. The van der Waals surface area contributed by atoms with E-state index in [0.29, 0.717) is 27.6 Å². The molecule has 1 saturated heterocycles. The van der Waals surface area contributed by atoms with Crippen LogP contribution in [0.4, 0.5) is 5.69 Å². The molecule has 0 radical (unpaired) electrons.